The van der Waals surface area contributed by atoms with Gasteiger partial charge < -0.3 is 14.6 Å². The topological polar surface area (TPSA) is 61.1 Å². The first-order valence-electron chi connectivity index (χ1n) is 9.50. The van der Waals surface area contributed by atoms with E-state index in [1.165, 1.54) is 0 Å². The van der Waals surface area contributed by atoms with Gasteiger partial charge in [0.1, 0.15) is 11.4 Å². The number of hydrogen-bond acceptors (Lipinski definition) is 3. The summed E-state index contributed by atoms with van der Waals surface area (Å²) in [5.74, 6) is 0.585. The van der Waals surface area contributed by atoms with Crippen molar-refractivity contribution in [2.75, 3.05) is 12.4 Å². The molecule has 148 valence electrons. The Labute approximate surface area is 169 Å². The second-order valence-corrected chi connectivity index (χ2v) is 7.23. The molecule has 2 aromatic carbocycles. The number of carbonyl (C=O) groups excluding carboxylic acids is 1. The van der Waals surface area contributed by atoms with E-state index in [0.29, 0.717) is 17.9 Å². The van der Waals surface area contributed by atoms with E-state index >= 15 is 0 Å². The van der Waals surface area contributed by atoms with E-state index in [-0.39, 0.29) is 5.91 Å². The number of ether oxygens (including phenoxy) is 1. The number of nitrogens with zero attached hydrogens (tertiary/aromatic N) is 3. The first kappa shape index (κ1) is 18.8. The van der Waals surface area contributed by atoms with Gasteiger partial charge in [0.15, 0.2) is 0 Å². The Morgan fingerprint density at radius 3 is 2.66 bits per heavy atom. The van der Waals surface area contributed by atoms with Crippen molar-refractivity contribution in [2.24, 2.45) is 7.05 Å². The van der Waals surface area contributed by atoms with Crippen molar-refractivity contribution in [3.63, 3.8) is 0 Å². The lowest BCUT2D eigenvalue weighted by Crippen LogP contribution is -2.14. The monoisotopic (exact) mass is 388 g/mol. The molecule has 29 heavy (non-hydrogen) atoms. The third-order valence-electron chi connectivity index (χ3n) is 5.03. The Balaban J connectivity index is 1.56. The van der Waals surface area contributed by atoms with Crippen LogP contribution in [0.2, 0.25) is 0 Å². The molecular weight excluding hydrogens is 364 g/mol. The van der Waals surface area contributed by atoms with Gasteiger partial charge in [0, 0.05) is 41.6 Å². The Bertz CT molecular complexity index is 1200. The quantitative estimate of drug-likeness (QED) is 0.558. The number of hydrogen-bond donors (Lipinski definition) is 1. The van der Waals surface area contributed by atoms with Crippen LogP contribution in [0, 0.1) is 13.8 Å². The zero-order valence-electron chi connectivity index (χ0n) is 17.1. The van der Waals surface area contributed by atoms with Crippen LogP contribution in [0.3, 0.4) is 0 Å². The number of carbonyl (C=O) groups is 1. The molecule has 0 saturated carbocycles. The average molecular weight is 388 g/mol. The van der Waals surface area contributed by atoms with Gasteiger partial charge in [0.2, 0.25) is 5.91 Å². The number of methoxy groups -OCH3 is 1. The Morgan fingerprint density at radius 1 is 1.14 bits per heavy atom. The van der Waals surface area contributed by atoms with Crippen molar-refractivity contribution in [3.8, 4) is 11.4 Å². The van der Waals surface area contributed by atoms with Gasteiger partial charge in [0.25, 0.3) is 0 Å². The highest BCUT2D eigenvalue weighted by Crippen LogP contribution is 2.28. The number of fused-ring (bicyclic) bond motifs is 1. The summed E-state index contributed by atoms with van der Waals surface area (Å²) >= 11 is 0. The molecule has 0 bridgehead atoms. The minimum absolute atomic E-state index is 0.0673. The lowest BCUT2D eigenvalue weighted by molar-refractivity contribution is -0.115. The van der Waals surface area contributed by atoms with Crippen molar-refractivity contribution in [1.82, 2.24) is 14.3 Å². The van der Waals surface area contributed by atoms with E-state index in [0.717, 1.165) is 33.5 Å². The van der Waals surface area contributed by atoms with Crippen LogP contribution >= 0.6 is 0 Å². The van der Waals surface area contributed by atoms with E-state index in [9.17, 15) is 4.79 Å². The standard InChI is InChI=1S/C23H24N4O2/c1-15-11-16(2)27(25-15)21-10-9-18(13-22(21)29-4)24-23(28)12-17-14-26(3)20-8-6-5-7-19(17)20/h5-11,13-14H,12H2,1-4H3,(H,24,28). The lowest BCUT2D eigenvalue weighted by atomic mass is 10.1. The maximum absolute atomic E-state index is 12.7. The highest BCUT2D eigenvalue weighted by Gasteiger charge is 2.14. The van der Waals surface area contributed by atoms with E-state index in [4.69, 9.17) is 4.74 Å². The Kier molecular flexibility index (Phi) is 4.84. The molecule has 0 spiro atoms. The van der Waals surface area contributed by atoms with Crippen molar-refractivity contribution in [1.29, 1.82) is 0 Å². The molecule has 0 fully saturated rings. The maximum atomic E-state index is 12.7. The summed E-state index contributed by atoms with van der Waals surface area (Å²) in [5.41, 5.74) is 5.62. The Morgan fingerprint density at radius 2 is 1.93 bits per heavy atom. The van der Waals surface area contributed by atoms with Crippen molar-refractivity contribution in [2.45, 2.75) is 20.3 Å². The average Bonchev–Trinajstić information content (AvgIpc) is 3.20. The van der Waals surface area contributed by atoms with Crippen LogP contribution in [-0.2, 0) is 18.3 Å². The van der Waals surface area contributed by atoms with Crippen LogP contribution in [0.25, 0.3) is 16.6 Å². The minimum Gasteiger partial charge on any atom is -0.494 e. The maximum Gasteiger partial charge on any atom is 0.228 e. The highest BCUT2D eigenvalue weighted by molar-refractivity contribution is 5.96. The molecule has 0 saturated heterocycles. The molecule has 4 rings (SSSR count). The zero-order valence-corrected chi connectivity index (χ0v) is 17.1. The van der Waals surface area contributed by atoms with Gasteiger partial charge >= 0.3 is 0 Å². The van der Waals surface area contributed by atoms with Crippen LogP contribution in [0.15, 0.2) is 54.7 Å². The van der Waals surface area contributed by atoms with E-state index in [1.807, 2.05) is 78.8 Å². The van der Waals surface area contributed by atoms with Crippen LogP contribution in [-0.4, -0.2) is 27.4 Å². The summed E-state index contributed by atoms with van der Waals surface area (Å²) in [6.07, 6.45) is 2.32. The van der Waals surface area contributed by atoms with Crippen molar-refractivity contribution in [3.05, 3.63) is 71.7 Å². The van der Waals surface area contributed by atoms with Crippen molar-refractivity contribution >= 4 is 22.5 Å². The SMILES string of the molecule is COc1cc(NC(=O)Cc2cn(C)c3ccccc23)ccc1-n1nc(C)cc1C. The number of aryl methyl sites for hydroxylation is 3. The van der Waals surface area contributed by atoms with Gasteiger partial charge in [-0.25, -0.2) is 4.68 Å². The summed E-state index contributed by atoms with van der Waals surface area (Å²) in [5, 5.41) is 8.59. The van der Waals surface area contributed by atoms with Crippen LogP contribution < -0.4 is 10.1 Å². The molecule has 0 radical (unpaired) electrons. The van der Waals surface area contributed by atoms with Gasteiger partial charge in [-0.1, -0.05) is 18.2 Å². The summed E-state index contributed by atoms with van der Waals surface area (Å²) in [4.78, 5) is 12.7. The molecule has 4 aromatic rings. The fourth-order valence-electron chi connectivity index (χ4n) is 3.75. The van der Waals surface area contributed by atoms with E-state index in [1.54, 1.807) is 7.11 Å². The van der Waals surface area contributed by atoms with Crippen LogP contribution in [0.1, 0.15) is 17.0 Å². The lowest BCUT2D eigenvalue weighted by Gasteiger charge is -2.13. The highest BCUT2D eigenvalue weighted by atomic mass is 16.5. The smallest absolute Gasteiger partial charge is 0.228 e. The number of aromatic nitrogens is 3. The fraction of sp³-hybridized carbons (Fsp3) is 0.217. The molecule has 2 heterocycles. The third kappa shape index (κ3) is 3.61. The van der Waals surface area contributed by atoms with Gasteiger partial charge in [0.05, 0.1) is 19.2 Å². The van der Waals surface area contributed by atoms with Gasteiger partial charge in [-0.2, -0.15) is 5.10 Å². The zero-order chi connectivity index (χ0) is 20.5. The molecule has 0 aliphatic carbocycles. The summed E-state index contributed by atoms with van der Waals surface area (Å²) in [6.45, 7) is 3.96. The molecule has 1 N–H and O–H groups in total. The number of amides is 1. The molecule has 2 aromatic heterocycles. The number of para-hydroxylation sites is 1. The first-order chi connectivity index (χ1) is 14.0. The van der Waals surface area contributed by atoms with Gasteiger partial charge in [-0.05, 0) is 43.7 Å². The largest absolute Gasteiger partial charge is 0.494 e. The number of anilines is 1. The molecule has 0 atom stereocenters. The van der Waals surface area contributed by atoms with Gasteiger partial charge in [-0.3, -0.25) is 4.79 Å². The molecule has 1 amide bonds. The predicted octanol–water partition coefficient (Wildman–Crippen LogP) is 4.17. The normalized spacial score (nSPS) is 11.0. The molecule has 6 heteroatoms. The molecule has 0 aliphatic heterocycles. The second kappa shape index (κ2) is 7.47. The Hall–Kier alpha value is -3.54. The number of rotatable bonds is 5. The summed E-state index contributed by atoms with van der Waals surface area (Å²) < 4.78 is 9.44. The predicted molar refractivity (Wildman–Crippen MR) is 115 cm³/mol. The van der Waals surface area contributed by atoms with Crippen LogP contribution in [0.4, 0.5) is 5.69 Å². The van der Waals surface area contributed by atoms with E-state index in [2.05, 4.69) is 16.5 Å². The van der Waals surface area contributed by atoms with Gasteiger partial charge in [-0.15, -0.1) is 0 Å². The first-order valence-corrected chi connectivity index (χ1v) is 9.50. The number of nitrogens with one attached hydrogen (secondary N) is 1. The molecular formula is C23H24N4O2. The molecule has 0 unspecified atom stereocenters. The fourth-order valence-corrected chi connectivity index (χ4v) is 3.75. The summed E-state index contributed by atoms with van der Waals surface area (Å²) in [7, 11) is 3.61. The molecule has 0 aliphatic rings. The third-order valence-corrected chi connectivity index (χ3v) is 5.03. The summed E-state index contributed by atoms with van der Waals surface area (Å²) in [6, 6.07) is 15.7. The second-order valence-electron chi connectivity index (χ2n) is 7.23. The molecule has 6 nitrogen and oxygen atoms in total. The van der Waals surface area contributed by atoms with Crippen LogP contribution in [0.5, 0.6) is 5.75 Å². The number of benzene rings is 2. The minimum atomic E-state index is -0.0673. The van der Waals surface area contributed by atoms with Crippen molar-refractivity contribution < 1.29 is 9.53 Å². The van der Waals surface area contributed by atoms with E-state index < -0.39 is 0 Å².